The summed E-state index contributed by atoms with van der Waals surface area (Å²) in [4.78, 5) is 11.9. The monoisotopic (exact) mass is 299 g/mol. The molecule has 94 valence electrons. The van der Waals surface area contributed by atoms with Crippen LogP contribution in [0, 0.1) is 12.8 Å². The third-order valence-electron chi connectivity index (χ3n) is 2.60. The van der Waals surface area contributed by atoms with Gasteiger partial charge in [0.1, 0.15) is 0 Å². The van der Waals surface area contributed by atoms with Crippen molar-refractivity contribution in [2.45, 2.75) is 20.3 Å². The van der Waals surface area contributed by atoms with Gasteiger partial charge in [-0.25, -0.2) is 0 Å². The molecule has 0 aliphatic carbocycles. The van der Waals surface area contributed by atoms with Crippen LogP contribution in [0.1, 0.15) is 29.3 Å². The number of carbonyl (C=O) groups excluding carboxylic acids is 1. The molecule has 0 fully saturated rings. The SMILES string of the molecule is Cc1ccc(Br)c(C(=O)NCC(C)CCO)c1. The van der Waals surface area contributed by atoms with E-state index in [1.165, 1.54) is 0 Å². The number of benzene rings is 1. The highest BCUT2D eigenvalue weighted by atomic mass is 79.9. The molecule has 0 spiro atoms. The number of aliphatic hydroxyl groups excluding tert-OH is 1. The van der Waals surface area contributed by atoms with E-state index in [1.807, 2.05) is 32.0 Å². The Morgan fingerprint density at radius 2 is 2.24 bits per heavy atom. The molecule has 3 nitrogen and oxygen atoms in total. The summed E-state index contributed by atoms with van der Waals surface area (Å²) < 4.78 is 0.801. The first kappa shape index (κ1) is 14.2. The van der Waals surface area contributed by atoms with E-state index in [4.69, 9.17) is 5.11 Å². The second-order valence-corrected chi connectivity index (χ2v) is 5.17. The first-order chi connectivity index (χ1) is 8.04. The van der Waals surface area contributed by atoms with Crippen LogP contribution in [0.4, 0.5) is 0 Å². The summed E-state index contributed by atoms with van der Waals surface area (Å²) in [5.41, 5.74) is 1.71. The summed E-state index contributed by atoms with van der Waals surface area (Å²) in [6.45, 7) is 4.70. The van der Waals surface area contributed by atoms with Gasteiger partial charge in [0.05, 0.1) is 5.56 Å². The largest absolute Gasteiger partial charge is 0.396 e. The Hall–Kier alpha value is -0.870. The zero-order valence-electron chi connectivity index (χ0n) is 10.2. The fraction of sp³-hybridized carbons (Fsp3) is 0.462. The van der Waals surface area contributed by atoms with E-state index in [0.717, 1.165) is 10.0 Å². The van der Waals surface area contributed by atoms with Crippen LogP contribution >= 0.6 is 15.9 Å². The minimum absolute atomic E-state index is 0.0784. The minimum Gasteiger partial charge on any atom is -0.396 e. The van der Waals surface area contributed by atoms with Crippen molar-refractivity contribution in [3.63, 3.8) is 0 Å². The number of carbonyl (C=O) groups is 1. The van der Waals surface area contributed by atoms with Gasteiger partial charge in [-0.1, -0.05) is 18.6 Å². The molecule has 0 saturated carbocycles. The van der Waals surface area contributed by atoms with Crippen molar-refractivity contribution in [3.05, 3.63) is 33.8 Å². The van der Waals surface area contributed by atoms with Crippen molar-refractivity contribution < 1.29 is 9.90 Å². The molecule has 0 bridgehead atoms. The highest BCUT2D eigenvalue weighted by Gasteiger charge is 2.11. The van der Waals surface area contributed by atoms with E-state index in [2.05, 4.69) is 21.2 Å². The third kappa shape index (κ3) is 4.48. The predicted molar refractivity (Wildman–Crippen MR) is 72.1 cm³/mol. The molecule has 0 heterocycles. The van der Waals surface area contributed by atoms with Gasteiger partial charge in [-0.2, -0.15) is 0 Å². The maximum Gasteiger partial charge on any atom is 0.252 e. The molecule has 4 heteroatoms. The fourth-order valence-corrected chi connectivity index (χ4v) is 1.92. The van der Waals surface area contributed by atoms with Crippen molar-refractivity contribution in [2.24, 2.45) is 5.92 Å². The minimum atomic E-state index is -0.0784. The molecule has 0 radical (unpaired) electrons. The van der Waals surface area contributed by atoms with Crippen LogP contribution in [-0.2, 0) is 0 Å². The zero-order chi connectivity index (χ0) is 12.8. The van der Waals surface area contributed by atoms with Crippen molar-refractivity contribution in [3.8, 4) is 0 Å². The first-order valence-corrected chi connectivity index (χ1v) is 6.49. The van der Waals surface area contributed by atoms with Gasteiger partial charge in [-0.15, -0.1) is 0 Å². The standard InChI is InChI=1S/C13H18BrNO2/c1-9-3-4-12(14)11(7-9)13(17)15-8-10(2)5-6-16/h3-4,7,10,16H,5-6,8H2,1-2H3,(H,15,17). The first-order valence-electron chi connectivity index (χ1n) is 5.69. The molecular formula is C13H18BrNO2. The molecular weight excluding hydrogens is 282 g/mol. The fourth-order valence-electron chi connectivity index (χ4n) is 1.50. The predicted octanol–water partition coefficient (Wildman–Crippen LogP) is 2.51. The summed E-state index contributed by atoms with van der Waals surface area (Å²) in [7, 11) is 0. The Kier molecular flexibility index (Phi) is 5.65. The maximum atomic E-state index is 11.9. The summed E-state index contributed by atoms with van der Waals surface area (Å²) in [6, 6.07) is 5.69. The van der Waals surface area contributed by atoms with Crippen molar-refractivity contribution in [1.82, 2.24) is 5.32 Å². The van der Waals surface area contributed by atoms with Crippen molar-refractivity contribution in [2.75, 3.05) is 13.2 Å². The number of aliphatic hydroxyl groups is 1. The van der Waals surface area contributed by atoms with E-state index in [0.29, 0.717) is 18.5 Å². The van der Waals surface area contributed by atoms with Crippen LogP contribution in [0.3, 0.4) is 0 Å². The number of nitrogens with one attached hydrogen (secondary N) is 1. The zero-order valence-corrected chi connectivity index (χ0v) is 11.8. The summed E-state index contributed by atoms with van der Waals surface area (Å²) >= 11 is 3.37. The van der Waals surface area contributed by atoms with Crippen LogP contribution in [0.5, 0.6) is 0 Å². The van der Waals surface area contributed by atoms with Crippen LogP contribution < -0.4 is 5.32 Å². The van der Waals surface area contributed by atoms with Crippen molar-refractivity contribution in [1.29, 1.82) is 0 Å². The molecule has 17 heavy (non-hydrogen) atoms. The molecule has 0 saturated heterocycles. The maximum absolute atomic E-state index is 11.9. The highest BCUT2D eigenvalue weighted by Crippen LogP contribution is 2.18. The Labute approximate surface area is 110 Å². The molecule has 1 rings (SSSR count). The van der Waals surface area contributed by atoms with Crippen LogP contribution in [-0.4, -0.2) is 24.2 Å². The average molecular weight is 300 g/mol. The summed E-state index contributed by atoms with van der Waals surface area (Å²) in [5, 5.41) is 11.7. The topological polar surface area (TPSA) is 49.3 Å². The Morgan fingerprint density at radius 3 is 2.88 bits per heavy atom. The van der Waals surface area contributed by atoms with Crippen LogP contribution in [0.2, 0.25) is 0 Å². The number of rotatable bonds is 5. The average Bonchev–Trinajstić information content (AvgIpc) is 2.29. The van der Waals surface area contributed by atoms with Crippen molar-refractivity contribution >= 4 is 21.8 Å². The van der Waals surface area contributed by atoms with Gasteiger partial charge >= 0.3 is 0 Å². The van der Waals surface area contributed by atoms with Gasteiger partial charge < -0.3 is 10.4 Å². The Balaban J connectivity index is 2.61. The molecule has 0 aliphatic heterocycles. The Bertz CT molecular complexity index is 393. The second kappa shape index (κ2) is 6.77. The molecule has 0 aromatic heterocycles. The number of amides is 1. The molecule has 1 aromatic carbocycles. The quantitative estimate of drug-likeness (QED) is 0.878. The summed E-state index contributed by atoms with van der Waals surface area (Å²) in [5.74, 6) is 0.206. The van der Waals surface area contributed by atoms with E-state index < -0.39 is 0 Å². The van der Waals surface area contributed by atoms with Gasteiger partial charge in [0.15, 0.2) is 0 Å². The Morgan fingerprint density at radius 1 is 1.53 bits per heavy atom. The molecule has 2 N–H and O–H groups in total. The van der Waals surface area contributed by atoms with E-state index in [1.54, 1.807) is 0 Å². The lowest BCUT2D eigenvalue weighted by Gasteiger charge is -2.12. The number of aryl methyl sites for hydroxylation is 1. The molecule has 1 atom stereocenters. The number of hydrogen-bond acceptors (Lipinski definition) is 2. The lowest BCUT2D eigenvalue weighted by molar-refractivity contribution is 0.0944. The lowest BCUT2D eigenvalue weighted by atomic mass is 10.1. The van der Waals surface area contributed by atoms with Gasteiger partial charge in [0.2, 0.25) is 0 Å². The van der Waals surface area contributed by atoms with Crippen LogP contribution in [0.25, 0.3) is 0 Å². The van der Waals surface area contributed by atoms with Gasteiger partial charge in [-0.3, -0.25) is 4.79 Å². The smallest absolute Gasteiger partial charge is 0.252 e. The number of hydrogen-bond donors (Lipinski definition) is 2. The third-order valence-corrected chi connectivity index (χ3v) is 3.29. The molecule has 0 aliphatic rings. The van der Waals surface area contributed by atoms with Gasteiger partial charge in [-0.05, 0) is 47.3 Å². The number of halogens is 1. The van der Waals surface area contributed by atoms with Gasteiger partial charge in [0.25, 0.3) is 5.91 Å². The lowest BCUT2D eigenvalue weighted by Crippen LogP contribution is -2.29. The molecule has 1 amide bonds. The van der Waals surface area contributed by atoms with E-state index >= 15 is 0 Å². The molecule has 1 aromatic rings. The van der Waals surface area contributed by atoms with E-state index in [9.17, 15) is 4.79 Å². The summed E-state index contributed by atoms with van der Waals surface area (Å²) in [6.07, 6.45) is 0.704. The molecule has 1 unspecified atom stereocenters. The second-order valence-electron chi connectivity index (χ2n) is 4.31. The van der Waals surface area contributed by atoms with Crippen LogP contribution in [0.15, 0.2) is 22.7 Å². The van der Waals surface area contributed by atoms with Gasteiger partial charge in [0, 0.05) is 17.6 Å². The normalized spacial score (nSPS) is 12.2. The highest BCUT2D eigenvalue weighted by molar-refractivity contribution is 9.10. The van der Waals surface area contributed by atoms with E-state index in [-0.39, 0.29) is 18.4 Å².